The molecule has 1 aromatic heterocycles. The fourth-order valence-corrected chi connectivity index (χ4v) is 1.05. The van der Waals surface area contributed by atoms with Crippen LogP contribution in [0, 0.1) is 0 Å². The lowest BCUT2D eigenvalue weighted by Crippen LogP contribution is -2.32. The number of rotatable bonds is 3. The standard InChI is InChI=1S/C10H14N2O3/c1-3-6(2)12-10(15)7-5-11-9(14)4-8(7)13/h4-6H,3H2,1-2H3,(H,12,15)(H2,11,13,14). The van der Waals surface area contributed by atoms with Crippen LogP contribution in [0.25, 0.3) is 0 Å². The summed E-state index contributed by atoms with van der Waals surface area (Å²) in [6, 6.07) is 1.01. The van der Waals surface area contributed by atoms with Crippen LogP contribution in [0.15, 0.2) is 17.1 Å². The van der Waals surface area contributed by atoms with E-state index < -0.39 is 11.5 Å². The molecular formula is C10H14N2O3. The van der Waals surface area contributed by atoms with Crippen molar-refractivity contribution in [1.29, 1.82) is 0 Å². The largest absolute Gasteiger partial charge is 0.507 e. The molecule has 0 aliphatic carbocycles. The number of aromatic amines is 1. The molecule has 0 aliphatic heterocycles. The molecule has 3 N–H and O–H groups in total. The Morgan fingerprint density at radius 2 is 2.33 bits per heavy atom. The molecule has 1 heterocycles. The maximum absolute atomic E-state index is 11.6. The molecule has 0 bridgehead atoms. The van der Waals surface area contributed by atoms with E-state index in [0.29, 0.717) is 0 Å². The molecule has 1 atom stereocenters. The van der Waals surface area contributed by atoms with Crippen LogP contribution in [-0.2, 0) is 0 Å². The zero-order chi connectivity index (χ0) is 11.4. The van der Waals surface area contributed by atoms with Crippen LogP contribution in [0.4, 0.5) is 0 Å². The predicted molar refractivity (Wildman–Crippen MR) is 55.9 cm³/mol. The summed E-state index contributed by atoms with van der Waals surface area (Å²) >= 11 is 0. The van der Waals surface area contributed by atoms with Gasteiger partial charge in [0, 0.05) is 18.3 Å². The number of aromatic hydroxyl groups is 1. The Kier molecular flexibility index (Phi) is 3.49. The number of aromatic nitrogens is 1. The van der Waals surface area contributed by atoms with Crippen molar-refractivity contribution in [2.45, 2.75) is 26.3 Å². The fourth-order valence-electron chi connectivity index (χ4n) is 1.05. The third kappa shape index (κ3) is 2.83. The maximum Gasteiger partial charge on any atom is 0.256 e. The van der Waals surface area contributed by atoms with Gasteiger partial charge in [-0.2, -0.15) is 0 Å². The van der Waals surface area contributed by atoms with Crippen LogP contribution in [0.3, 0.4) is 0 Å². The minimum Gasteiger partial charge on any atom is -0.507 e. The fraction of sp³-hybridized carbons (Fsp3) is 0.400. The first-order valence-corrected chi connectivity index (χ1v) is 4.77. The van der Waals surface area contributed by atoms with Crippen molar-refractivity contribution < 1.29 is 9.90 Å². The van der Waals surface area contributed by atoms with Crippen molar-refractivity contribution in [3.05, 3.63) is 28.2 Å². The number of pyridine rings is 1. The molecule has 5 nitrogen and oxygen atoms in total. The summed E-state index contributed by atoms with van der Waals surface area (Å²) in [4.78, 5) is 24.7. The van der Waals surface area contributed by atoms with Crippen LogP contribution < -0.4 is 10.9 Å². The molecule has 5 heteroatoms. The number of hydrogen-bond donors (Lipinski definition) is 3. The highest BCUT2D eigenvalue weighted by Gasteiger charge is 2.12. The van der Waals surface area contributed by atoms with Gasteiger partial charge in [-0.1, -0.05) is 6.92 Å². The molecule has 1 aromatic rings. The lowest BCUT2D eigenvalue weighted by molar-refractivity contribution is 0.0936. The van der Waals surface area contributed by atoms with Crippen molar-refractivity contribution in [3.8, 4) is 5.75 Å². The van der Waals surface area contributed by atoms with Gasteiger partial charge < -0.3 is 15.4 Å². The van der Waals surface area contributed by atoms with Gasteiger partial charge in [0.2, 0.25) is 0 Å². The van der Waals surface area contributed by atoms with Gasteiger partial charge in [-0.15, -0.1) is 0 Å². The Morgan fingerprint density at radius 3 is 2.87 bits per heavy atom. The highest BCUT2D eigenvalue weighted by atomic mass is 16.3. The number of hydrogen-bond acceptors (Lipinski definition) is 3. The van der Waals surface area contributed by atoms with Gasteiger partial charge in [0.1, 0.15) is 5.75 Å². The van der Waals surface area contributed by atoms with E-state index >= 15 is 0 Å². The summed E-state index contributed by atoms with van der Waals surface area (Å²) in [5, 5.41) is 12.1. The summed E-state index contributed by atoms with van der Waals surface area (Å²) in [7, 11) is 0. The summed E-state index contributed by atoms with van der Waals surface area (Å²) in [5.41, 5.74) is -0.359. The molecule has 0 saturated carbocycles. The first-order valence-electron chi connectivity index (χ1n) is 4.77. The molecule has 15 heavy (non-hydrogen) atoms. The molecule has 82 valence electrons. The maximum atomic E-state index is 11.6. The van der Waals surface area contributed by atoms with E-state index in [1.54, 1.807) is 0 Å². The molecule has 0 fully saturated rings. The van der Waals surface area contributed by atoms with E-state index in [9.17, 15) is 14.7 Å². The van der Waals surface area contributed by atoms with Crippen LogP contribution in [0.2, 0.25) is 0 Å². The lowest BCUT2D eigenvalue weighted by atomic mass is 10.2. The number of nitrogens with one attached hydrogen (secondary N) is 2. The van der Waals surface area contributed by atoms with Gasteiger partial charge in [0.25, 0.3) is 11.5 Å². The Bertz CT molecular complexity index is 411. The molecular weight excluding hydrogens is 196 g/mol. The Balaban J connectivity index is 2.87. The van der Waals surface area contributed by atoms with Gasteiger partial charge in [0.15, 0.2) is 0 Å². The van der Waals surface area contributed by atoms with Crippen molar-refractivity contribution >= 4 is 5.91 Å². The second-order valence-corrected chi connectivity index (χ2v) is 3.38. The molecule has 0 spiro atoms. The SMILES string of the molecule is CCC(C)NC(=O)c1c[nH]c(=O)cc1O. The number of carbonyl (C=O) groups excluding carboxylic acids is 1. The average molecular weight is 210 g/mol. The number of carbonyl (C=O) groups is 1. The predicted octanol–water partition coefficient (Wildman–Crippen LogP) is 0.609. The van der Waals surface area contributed by atoms with Crippen LogP contribution in [-0.4, -0.2) is 22.0 Å². The molecule has 0 aromatic carbocycles. The zero-order valence-corrected chi connectivity index (χ0v) is 8.70. The number of amides is 1. The summed E-state index contributed by atoms with van der Waals surface area (Å²) < 4.78 is 0. The highest BCUT2D eigenvalue weighted by molar-refractivity contribution is 5.96. The van der Waals surface area contributed by atoms with Gasteiger partial charge >= 0.3 is 0 Å². The van der Waals surface area contributed by atoms with Gasteiger partial charge in [-0.05, 0) is 13.3 Å². The molecule has 1 unspecified atom stereocenters. The number of H-pyrrole nitrogens is 1. The third-order valence-corrected chi connectivity index (χ3v) is 2.14. The van der Waals surface area contributed by atoms with Gasteiger partial charge in [-0.3, -0.25) is 9.59 Å². The summed E-state index contributed by atoms with van der Waals surface area (Å²) in [6.07, 6.45) is 2.01. The summed E-state index contributed by atoms with van der Waals surface area (Å²) in [6.45, 7) is 3.80. The van der Waals surface area contributed by atoms with Gasteiger partial charge in [-0.25, -0.2) is 0 Å². The monoisotopic (exact) mass is 210 g/mol. The Hall–Kier alpha value is -1.78. The molecule has 0 radical (unpaired) electrons. The molecule has 1 rings (SSSR count). The van der Waals surface area contributed by atoms with Crippen LogP contribution >= 0.6 is 0 Å². The van der Waals surface area contributed by atoms with Crippen molar-refractivity contribution in [2.24, 2.45) is 0 Å². The van der Waals surface area contributed by atoms with E-state index in [0.717, 1.165) is 12.5 Å². The van der Waals surface area contributed by atoms with E-state index in [2.05, 4.69) is 10.3 Å². The van der Waals surface area contributed by atoms with E-state index in [1.807, 2.05) is 13.8 Å². The van der Waals surface area contributed by atoms with Crippen molar-refractivity contribution in [1.82, 2.24) is 10.3 Å². The normalized spacial score (nSPS) is 12.1. The van der Waals surface area contributed by atoms with E-state index in [-0.39, 0.29) is 17.4 Å². The topological polar surface area (TPSA) is 82.2 Å². The zero-order valence-electron chi connectivity index (χ0n) is 8.70. The first-order chi connectivity index (χ1) is 7.04. The molecule has 1 amide bonds. The summed E-state index contributed by atoms with van der Waals surface area (Å²) in [5.74, 6) is -0.697. The van der Waals surface area contributed by atoms with Gasteiger partial charge in [0.05, 0.1) is 5.56 Å². The third-order valence-electron chi connectivity index (χ3n) is 2.14. The first kappa shape index (κ1) is 11.3. The minimum atomic E-state index is -0.437. The van der Waals surface area contributed by atoms with Crippen LogP contribution in [0.5, 0.6) is 5.75 Å². The smallest absolute Gasteiger partial charge is 0.256 e. The van der Waals surface area contributed by atoms with Crippen LogP contribution in [0.1, 0.15) is 30.6 Å². The Labute approximate surface area is 87.1 Å². The highest BCUT2D eigenvalue weighted by Crippen LogP contribution is 2.11. The minimum absolute atomic E-state index is 0.0313. The van der Waals surface area contributed by atoms with E-state index in [4.69, 9.17) is 0 Å². The second-order valence-electron chi connectivity index (χ2n) is 3.38. The molecule has 0 aliphatic rings. The molecule has 0 saturated heterocycles. The van der Waals surface area contributed by atoms with Crippen molar-refractivity contribution in [3.63, 3.8) is 0 Å². The average Bonchev–Trinajstić information content (AvgIpc) is 2.17. The van der Waals surface area contributed by atoms with Crippen molar-refractivity contribution in [2.75, 3.05) is 0 Å². The Morgan fingerprint density at radius 1 is 1.67 bits per heavy atom. The van der Waals surface area contributed by atoms with E-state index in [1.165, 1.54) is 6.20 Å². The quantitative estimate of drug-likeness (QED) is 0.683. The second kappa shape index (κ2) is 4.63. The lowest BCUT2D eigenvalue weighted by Gasteiger charge is -2.11.